The van der Waals surface area contributed by atoms with Crippen LogP contribution in [0.4, 0.5) is 0 Å². The second-order valence-corrected chi connectivity index (χ2v) is 6.64. The molecule has 0 aliphatic carbocycles. The molecule has 0 spiro atoms. The fraction of sp³-hybridized carbons (Fsp3) is 0.333. The van der Waals surface area contributed by atoms with Gasteiger partial charge in [-0.3, -0.25) is 0 Å². The van der Waals surface area contributed by atoms with Gasteiger partial charge in [-0.15, -0.1) is 0 Å². The Labute approximate surface area is 102 Å². The lowest BCUT2D eigenvalue weighted by Crippen LogP contribution is -1.98. The molecule has 1 aromatic carbocycles. The lowest BCUT2D eigenvalue weighted by molar-refractivity contribution is 0.408. The minimum atomic E-state index is -3.55. The number of aryl methyl sites for hydroxylation is 1. The second kappa shape index (κ2) is 4.72. The summed E-state index contributed by atoms with van der Waals surface area (Å²) in [5, 5.41) is 0. The summed E-state index contributed by atoms with van der Waals surface area (Å²) in [6, 6.07) is 3.50. The quantitative estimate of drug-likeness (QED) is 0.806. The van der Waals surface area contributed by atoms with Crippen molar-refractivity contribution in [3.05, 3.63) is 27.7 Å². The first-order valence-corrected chi connectivity index (χ1v) is 7.36. The molecular formula is C9H10BrClO3S. The van der Waals surface area contributed by atoms with Gasteiger partial charge in [0.2, 0.25) is 9.05 Å². The molecule has 15 heavy (non-hydrogen) atoms. The molecule has 0 bridgehead atoms. The minimum absolute atomic E-state index is 0.216. The van der Waals surface area contributed by atoms with E-state index in [1.807, 2.05) is 6.92 Å². The molecule has 0 amide bonds. The summed E-state index contributed by atoms with van der Waals surface area (Å²) in [7, 11) is 3.17. The molecule has 3 nitrogen and oxygen atoms in total. The Morgan fingerprint density at radius 2 is 2.07 bits per heavy atom. The van der Waals surface area contributed by atoms with Crippen LogP contribution in [0.25, 0.3) is 0 Å². The number of halogens is 2. The van der Waals surface area contributed by atoms with Crippen LogP contribution in [-0.2, 0) is 14.8 Å². The molecule has 0 heterocycles. The van der Waals surface area contributed by atoms with E-state index in [4.69, 9.17) is 15.4 Å². The summed E-state index contributed by atoms with van der Waals surface area (Å²) in [5.74, 6) is 0.416. The molecule has 1 rings (SSSR count). The van der Waals surface area contributed by atoms with Crippen molar-refractivity contribution < 1.29 is 13.2 Å². The van der Waals surface area contributed by atoms with E-state index in [0.717, 1.165) is 5.56 Å². The average Bonchev–Trinajstić information content (AvgIpc) is 2.09. The van der Waals surface area contributed by atoms with E-state index in [1.165, 1.54) is 7.11 Å². The third-order valence-electron chi connectivity index (χ3n) is 1.91. The van der Waals surface area contributed by atoms with Crippen LogP contribution in [0.3, 0.4) is 0 Å². The number of hydrogen-bond acceptors (Lipinski definition) is 3. The van der Waals surface area contributed by atoms with Gasteiger partial charge < -0.3 is 4.74 Å². The highest BCUT2D eigenvalue weighted by Gasteiger charge is 2.14. The molecule has 1 aromatic rings. The molecule has 0 aliphatic rings. The third kappa shape index (κ3) is 3.36. The van der Waals surface area contributed by atoms with Crippen LogP contribution in [0.5, 0.6) is 5.75 Å². The number of ether oxygens (including phenoxy) is 1. The van der Waals surface area contributed by atoms with Crippen molar-refractivity contribution in [2.45, 2.75) is 12.7 Å². The average molecular weight is 314 g/mol. The van der Waals surface area contributed by atoms with Crippen LogP contribution < -0.4 is 4.74 Å². The van der Waals surface area contributed by atoms with Gasteiger partial charge in [-0.25, -0.2) is 8.42 Å². The highest BCUT2D eigenvalue weighted by atomic mass is 79.9. The SMILES string of the molecule is COc1c(C)ccc(CS(=O)(=O)Cl)c1Br. The summed E-state index contributed by atoms with van der Waals surface area (Å²) >= 11 is 3.30. The largest absolute Gasteiger partial charge is 0.495 e. The van der Waals surface area contributed by atoms with Gasteiger partial charge in [-0.05, 0) is 34.0 Å². The Morgan fingerprint density at radius 1 is 1.47 bits per heavy atom. The van der Waals surface area contributed by atoms with Crippen molar-refractivity contribution in [2.24, 2.45) is 0 Å². The highest BCUT2D eigenvalue weighted by molar-refractivity contribution is 9.10. The molecule has 0 radical (unpaired) electrons. The van der Waals surface area contributed by atoms with Crippen molar-refractivity contribution in [1.29, 1.82) is 0 Å². The topological polar surface area (TPSA) is 43.4 Å². The molecule has 0 atom stereocenters. The first kappa shape index (κ1) is 12.8. The Balaban J connectivity index is 3.22. The van der Waals surface area contributed by atoms with E-state index < -0.39 is 9.05 Å². The maximum atomic E-state index is 10.9. The van der Waals surface area contributed by atoms with Crippen LogP contribution in [0.1, 0.15) is 11.1 Å². The predicted molar refractivity (Wildman–Crippen MR) is 63.9 cm³/mol. The molecule has 84 valence electrons. The smallest absolute Gasteiger partial charge is 0.236 e. The van der Waals surface area contributed by atoms with Crippen molar-refractivity contribution in [3.63, 3.8) is 0 Å². The highest BCUT2D eigenvalue weighted by Crippen LogP contribution is 2.33. The number of benzene rings is 1. The summed E-state index contributed by atoms with van der Waals surface area (Å²) in [4.78, 5) is 0. The van der Waals surface area contributed by atoms with Gasteiger partial charge in [0.25, 0.3) is 0 Å². The predicted octanol–water partition coefficient (Wildman–Crippen LogP) is 2.83. The Hall–Kier alpha value is -0.260. The van der Waals surface area contributed by atoms with E-state index >= 15 is 0 Å². The van der Waals surface area contributed by atoms with Crippen molar-refractivity contribution in [1.82, 2.24) is 0 Å². The lowest BCUT2D eigenvalue weighted by Gasteiger charge is -2.10. The Kier molecular flexibility index (Phi) is 4.03. The van der Waals surface area contributed by atoms with E-state index in [1.54, 1.807) is 12.1 Å². The molecule has 0 aliphatic heterocycles. The summed E-state index contributed by atoms with van der Waals surface area (Å²) < 4.78 is 27.7. The van der Waals surface area contributed by atoms with Crippen LogP contribution in [0.15, 0.2) is 16.6 Å². The molecule has 0 N–H and O–H groups in total. The molecular weight excluding hydrogens is 304 g/mol. The standard InChI is InChI=1S/C9H10BrClO3S/c1-6-3-4-7(5-15(11,12)13)8(10)9(6)14-2/h3-4H,5H2,1-2H3. The van der Waals surface area contributed by atoms with E-state index in [2.05, 4.69) is 15.9 Å². The zero-order valence-corrected chi connectivity index (χ0v) is 11.4. The monoisotopic (exact) mass is 312 g/mol. The lowest BCUT2D eigenvalue weighted by atomic mass is 10.1. The first-order chi connectivity index (χ1) is 6.85. The number of hydrogen-bond donors (Lipinski definition) is 0. The maximum Gasteiger partial charge on any atom is 0.236 e. The first-order valence-electron chi connectivity index (χ1n) is 4.09. The minimum Gasteiger partial charge on any atom is -0.495 e. The van der Waals surface area contributed by atoms with Gasteiger partial charge in [-0.2, -0.15) is 0 Å². The third-order valence-corrected chi connectivity index (χ3v) is 3.76. The van der Waals surface area contributed by atoms with Crippen molar-refractivity contribution >= 4 is 35.7 Å². The number of methoxy groups -OCH3 is 1. The van der Waals surface area contributed by atoms with E-state index in [0.29, 0.717) is 15.8 Å². The van der Waals surface area contributed by atoms with Gasteiger partial charge >= 0.3 is 0 Å². The van der Waals surface area contributed by atoms with Gasteiger partial charge in [0.15, 0.2) is 0 Å². The van der Waals surface area contributed by atoms with Crippen molar-refractivity contribution in [2.75, 3.05) is 7.11 Å². The fourth-order valence-corrected chi connectivity index (χ4v) is 3.14. The van der Waals surface area contributed by atoms with Crippen molar-refractivity contribution in [3.8, 4) is 5.75 Å². The molecule has 0 saturated carbocycles. The molecule has 0 aromatic heterocycles. The number of rotatable bonds is 3. The van der Waals surface area contributed by atoms with Gasteiger partial charge in [0.05, 0.1) is 17.3 Å². The Morgan fingerprint density at radius 3 is 2.53 bits per heavy atom. The normalized spacial score (nSPS) is 11.5. The van der Waals surface area contributed by atoms with Gasteiger partial charge in [-0.1, -0.05) is 12.1 Å². The molecule has 6 heteroatoms. The van der Waals surface area contributed by atoms with Crippen LogP contribution >= 0.6 is 26.6 Å². The van der Waals surface area contributed by atoms with Gasteiger partial charge in [0, 0.05) is 10.7 Å². The maximum absolute atomic E-state index is 10.9. The van der Waals surface area contributed by atoms with E-state index in [9.17, 15) is 8.42 Å². The van der Waals surface area contributed by atoms with E-state index in [-0.39, 0.29) is 5.75 Å². The fourth-order valence-electron chi connectivity index (χ4n) is 1.24. The molecule has 0 unspecified atom stereocenters. The summed E-state index contributed by atoms with van der Waals surface area (Å²) in [5.41, 5.74) is 1.52. The molecule has 0 fully saturated rings. The Bertz CT molecular complexity index is 470. The molecule has 0 saturated heterocycles. The second-order valence-electron chi connectivity index (χ2n) is 3.07. The summed E-state index contributed by atoms with van der Waals surface area (Å²) in [6.07, 6.45) is 0. The van der Waals surface area contributed by atoms with Crippen LogP contribution in [-0.4, -0.2) is 15.5 Å². The zero-order chi connectivity index (χ0) is 11.6. The van der Waals surface area contributed by atoms with Crippen LogP contribution in [0.2, 0.25) is 0 Å². The van der Waals surface area contributed by atoms with Gasteiger partial charge in [0.1, 0.15) is 5.75 Å². The zero-order valence-electron chi connectivity index (χ0n) is 8.25. The summed E-state index contributed by atoms with van der Waals surface area (Å²) in [6.45, 7) is 1.88. The van der Waals surface area contributed by atoms with Crippen LogP contribution in [0, 0.1) is 6.92 Å².